The van der Waals surface area contributed by atoms with Crippen LogP contribution in [-0.2, 0) is 0 Å². The van der Waals surface area contributed by atoms with Crippen molar-refractivity contribution in [2.75, 3.05) is 0 Å². The third-order valence-corrected chi connectivity index (χ3v) is 5.30. The number of rotatable bonds is 5. The van der Waals surface area contributed by atoms with Gasteiger partial charge in [-0.05, 0) is 29.1 Å². The maximum absolute atomic E-state index is 12.4. The number of hydrogen-bond acceptors (Lipinski definition) is 4. The lowest BCUT2D eigenvalue weighted by Gasteiger charge is -2.10. The van der Waals surface area contributed by atoms with Crippen LogP contribution in [-0.4, -0.2) is 20.7 Å². The van der Waals surface area contributed by atoms with Crippen molar-refractivity contribution in [1.82, 2.24) is 15.0 Å². The molecule has 0 saturated carbocycles. The summed E-state index contributed by atoms with van der Waals surface area (Å²) in [6, 6.07) is 15.4. The van der Waals surface area contributed by atoms with E-state index >= 15 is 0 Å². The molecule has 1 aromatic carbocycles. The molecule has 0 radical (unpaired) electrons. The molecule has 4 aromatic rings. The van der Waals surface area contributed by atoms with Crippen molar-refractivity contribution in [3.63, 3.8) is 0 Å². The normalized spacial score (nSPS) is 12.0. The lowest BCUT2D eigenvalue weighted by atomic mass is 9.96. The van der Waals surface area contributed by atoms with Crippen LogP contribution in [0.15, 0.2) is 72.5 Å². The molecule has 3 aromatic heterocycles. The van der Waals surface area contributed by atoms with Crippen LogP contribution in [0.5, 0.6) is 0 Å². The first-order chi connectivity index (χ1) is 12.7. The first-order valence-electron chi connectivity index (χ1n) is 8.36. The van der Waals surface area contributed by atoms with E-state index in [-0.39, 0.29) is 11.7 Å². The van der Waals surface area contributed by atoms with Gasteiger partial charge in [0, 0.05) is 41.3 Å². The highest BCUT2D eigenvalue weighted by Gasteiger charge is 2.14. The number of aromatic nitrogens is 3. The van der Waals surface area contributed by atoms with Crippen LogP contribution in [0.4, 0.5) is 0 Å². The van der Waals surface area contributed by atoms with Gasteiger partial charge in [0.05, 0.1) is 4.88 Å². The summed E-state index contributed by atoms with van der Waals surface area (Å²) >= 11 is 1.47. The molecule has 128 valence electrons. The van der Waals surface area contributed by atoms with Gasteiger partial charge in [0.2, 0.25) is 5.78 Å². The van der Waals surface area contributed by atoms with Crippen LogP contribution in [0, 0.1) is 0 Å². The molecule has 0 bridgehead atoms. The molecule has 0 aliphatic heterocycles. The zero-order valence-electron chi connectivity index (χ0n) is 14.2. The van der Waals surface area contributed by atoms with Crippen molar-refractivity contribution in [3.8, 4) is 11.4 Å². The van der Waals surface area contributed by atoms with Gasteiger partial charge >= 0.3 is 0 Å². The summed E-state index contributed by atoms with van der Waals surface area (Å²) in [7, 11) is 0. The Kier molecular flexibility index (Phi) is 4.46. The summed E-state index contributed by atoms with van der Waals surface area (Å²) in [5.74, 6) is 1.06. The zero-order valence-corrected chi connectivity index (χ0v) is 15.0. The largest absolute Gasteiger partial charge is 0.341 e. The molecule has 0 spiro atoms. The Bertz CT molecular complexity index is 1010. The molecule has 0 fully saturated rings. The number of imidazole rings is 1. The molecule has 0 aliphatic carbocycles. The minimum atomic E-state index is 0.0701. The SMILES string of the molecule is CC(c1ccc(C(=O)c2cccs2)cc1)c1cnc(-c2ccncc2)[nH]1. The fraction of sp³-hybridized carbons (Fsp3) is 0.0952. The fourth-order valence-corrected chi connectivity index (χ4v) is 3.55. The summed E-state index contributed by atoms with van der Waals surface area (Å²) in [6.45, 7) is 2.12. The molecule has 0 amide bonds. The number of ketones is 1. The van der Waals surface area contributed by atoms with Crippen molar-refractivity contribution in [2.45, 2.75) is 12.8 Å². The van der Waals surface area contributed by atoms with Crippen LogP contribution in [0.2, 0.25) is 0 Å². The number of H-pyrrole nitrogens is 1. The number of aromatic amines is 1. The number of benzene rings is 1. The van der Waals surface area contributed by atoms with E-state index in [2.05, 4.69) is 21.9 Å². The predicted octanol–water partition coefficient (Wildman–Crippen LogP) is 4.92. The minimum absolute atomic E-state index is 0.0701. The third-order valence-electron chi connectivity index (χ3n) is 4.43. The molecule has 0 aliphatic rings. The van der Waals surface area contributed by atoms with Gasteiger partial charge in [-0.25, -0.2) is 4.98 Å². The van der Waals surface area contributed by atoms with E-state index in [4.69, 9.17) is 0 Å². The van der Waals surface area contributed by atoms with Crippen molar-refractivity contribution < 1.29 is 4.79 Å². The first-order valence-corrected chi connectivity index (χ1v) is 9.24. The van der Waals surface area contributed by atoms with Gasteiger partial charge in [0.15, 0.2) is 0 Å². The molecule has 1 atom stereocenters. The summed E-state index contributed by atoms with van der Waals surface area (Å²) in [4.78, 5) is 25.1. The smallest absolute Gasteiger partial charge is 0.202 e. The van der Waals surface area contributed by atoms with E-state index in [1.165, 1.54) is 11.3 Å². The van der Waals surface area contributed by atoms with Crippen molar-refractivity contribution in [2.24, 2.45) is 0 Å². The average molecular weight is 359 g/mol. The number of carbonyl (C=O) groups excluding carboxylic acids is 1. The molecule has 3 heterocycles. The Morgan fingerprint density at radius 3 is 2.54 bits per heavy atom. The highest BCUT2D eigenvalue weighted by Crippen LogP contribution is 2.26. The van der Waals surface area contributed by atoms with Crippen molar-refractivity contribution in [1.29, 1.82) is 0 Å². The maximum atomic E-state index is 12.4. The summed E-state index contributed by atoms with van der Waals surface area (Å²) in [5, 5.41) is 1.92. The van der Waals surface area contributed by atoms with Gasteiger partial charge in [-0.2, -0.15) is 0 Å². The zero-order chi connectivity index (χ0) is 17.9. The quantitative estimate of drug-likeness (QED) is 0.515. The highest BCUT2D eigenvalue weighted by atomic mass is 32.1. The molecule has 1 unspecified atom stereocenters. The van der Waals surface area contributed by atoms with Crippen LogP contribution < -0.4 is 0 Å². The Hall–Kier alpha value is -3.05. The second-order valence-corrected chi connectivity index (χ2v) is 7.02. The Morgan fingerprint density at radius 2 is 1.85 bits per heavy atom. The van der Waals surface area contributed by atoms with Gasteiger partial charge in [-0.15, -0.1) is 11.3 Å². The molecule has 0 saturated heterocycles. The van der Waals surface area contributed by atoms with E-state index in [9.17, 15) is 4.79 Å². The van der Waals surface area contributed by atoms with Gasteiger partial charge in [-0.1, -0.05) is 37.3 Å². The molecule has 5 heteroatoms. The Balaban J connectivity index is 1.54. The van der Waals surface area contributed by atoms with E-state index < -0.39 is 0 Å². The van der Waals surface area contributed by atoms with Gasteiger partial charge in [0.25, 0.3) is 0 Å². The average Bonchev–Trinajstić information content (AvgIpc) is 3.40. The standard InChI is InChI=1S/C21H17N3OS/c1-14(18-13-23-21(24-18)17-8-10-22-11-9-17)15-4-6-16(7-5-15)20(25)19-3-2-12-26-19/h2-14H,1H3,(H,23,24). The van der Waals surface area contributed by atoms with Crippen molar-refractivity contribution >= 4 is 17.1 Å². The summed E-state index contributed by atoms with van der Waals surface area (Å²) in [6.07, 6.45) is 5.37. The first kappa shape index (κ1) is 16.4. The number of nitrogens with one attached hydrogen (secondary N) is 1. The van der Waals surface area contributed by atoms with E-state index in [0.717, 1.165) is 27.5 Å². The number of carbonyl (C=O) groups is 1. The minimum Gasteiger partial charge on any atom is -0.341 e. The van der Waals surface area contributed by atoms with Crippen LogP contribution in [0.3, 0.4) is 0 Å². The third kappa shape index (κ3) is 3.21. The molecule has 4 nitrogen and oxygen atoms in total. The van der Waals surface area contributed by atoms with E-state index in [0.29, 0.717) is 5.56 Å². The second-order valence-electron chi connectivity index (χ2n) is 6.07. The number of thiophene rings is 1. The number of nitrogens with zero attached hydrogens (tertiary/aromatic N) is 2. The molecule has 4 rings (SSSR count). The lowest BCUT2D eigenvalue weighted by Crippen LogP contribution is -2.01. The van der Waals surface area contributed by atoms with Gasteiger partial charge in [0.1, 0.15) is 5.82 Å². The fourth-order valence-electron chi connectivity index (χ4n) is 2.86. The molecular weight excluding hydrogens is 342 g/mol. The topological polar surface area (TPSA) is 58.6 Å². The highest BCUT2D eigenvalue weighted by molar-refractivity contribution is 7.12. The van der Waals surface area contributed by atoms with E-state index in [1.807, 2.05) is 60.1 Å². The molecular formula is C21H17N3OS. The van der Waals surface area contributed by atoms with E-state index in [1.54, 1.807) is 12.4 Å². The summed E-state index contributed by atoms with van der Waals surface area (Å²) < 4.78 is 0. The summed E-state index contributed by atoms with van der Waals surface area (Å²) in [5.41, 5.74) is 3.90. The number of hydrogen-bond donors (Lipinski definition) is 1. The maximum Gasteiger partial charge on any atom is 0.202 e. The van der Waals surface area contributed by atoms with Crippen molar-refractivity contribution in [3.05, 3.63) is 94.2 Å². The van der Waals surface area contributed by atoms with Crippen LogP contribution >= 0.6 is 11.3 Å². The molecule has 26 heavy (non-hydrogen) atoms. The van der Waals surface area contributed by atoms with Crippen LogP contribution in [0.1, 0.15) is 39.3 Å². The second kappa shape index (κ2) is 7.06. The Labute approximate surface area is 155 Å². The molecule has 1 N–H and O–H groups in total. The lowest BCUT2D eigenvalue weighted by molar-refractivity contribution is 0.104. The predicted molar refractivity (Wildman–Crippen MR) is 104 cm³/mol. The van der Waals surface area contributed by atoms with Gasteiger partial charge < -0.3 is 4.98 Å². The Morgan fingerprint density at radius 1 is 1.08 bits per heavy atom. The monoisotopic (exact) mass is 359 g/mol. The number of pyridine rings is 1. The van der Waals surface area contributed by atoms with Gasteiger partial charge in [-0.3, -0.25) is 9.78 Å². The van der Waals surface area contributed by atoms with Crippen LogP contribution in [0.25, 0.3) is 11.4 Å².